The predicted octanol–water partition coefficient (Wildman–Crippen LogP) is 2.29. The minimum absolute atomic E-state index is 0.147. The van der Waals surface area contributed by atoms with Crippen molar-refractivity contribution in [2.24, 2.45) is 4.99 Å². The Kier molecular flexibility index (Phi) is 8.58. The van der Waals surface area contributed by atoms with E-state index >= 15 is 0 Å². The van der Waals surface area contributed by atoms with Gasteiger partial charge in [-0.3, -0.25) is 9.36 Å². The first-order valence-electron chi connectivity index (χ1n) is 12.2. The molecule has 0 saturated carbocycles. The number of carbonyl (C=O) groups is 2. The van der Waals surface area contributed by atoms with Gasteiger partial charge in [-0.1, -0.05) is 23.5 Å². The van der Waals surface area contributed by atoms with Crippen LogP contribution in [0.15, 0.2) is 57.5 Å². The lowest BCUT2D eigenvalue weighted by atomic mass is 9.95. The average molecular weight is 569 g/mol. The Balaban J connectivity index is 1.89. The number of carbonyl (C=O) groups excluding carboxylic acids is 1. The van der Waals surface area contributed by atoms with Gasteiger partial charge in [0.25, 0.3) is 5.56 Å². The highest BCUT2D eigenvalue weighted by atomic mass is 32.1. The van der Waals surface area contributed by atoms with Crippen LogP contribution in [0.25, 0.3) is 6.08 Å². The summed E-state index contributed by atoms with van der Waals surface area (Å²) in [5.41, 5.74) is 1.51. The lowest BCUT2D eigenvalue weighted by Gasteiger charge is -2.26. The highest BCUT2D eigenvalue weighted by Gasteiger charge is 2.34. The number of benzene rings is 2. The molecule has 11 nitrogen and oxygen atoms in total. The molecule has 0 bridgehead atoms. The van der Waals surface area contributed by atoms with Crippen LogP contribution in [0.5, 0.6) is 23.0 Å². The number of nitrogens with zero attached hydrogens (tertiary/aromatic N) is 2. The molecule has 40 heavy (non-hydrogen) atoms. The van der Waals surface area contributed by atoms with E-state index in [0.29, 0.717) is 49.2 Å². The van der Waals surface area contributed by atoms with Gasteiger partial charge in [0, 0.05) is 0 Å². The number of ether oxygens (including phenoxy) is 5. The van der Waals surface area contributed by atoms with Crippen LogP contribution < -0.4 is 33.8 Å². The number of aromatic nitrogens is 1. The summed E-state index contributed by atoms with van der Waals surface area (Å²) in [4.78, 5) is 42.7. The zero-order valence-electron chi connectivity index (χ0n) is 22.5. The Morgan fingerprint density at radius 2 is 1.73 bits per heavy atom. The van der Waals surface area contributed by atoms with Crippen LogP contribution in [-0.4, -0.2) is 56.2 Å². The Labute approximate surface area is 233 Å². The summed E-state index contributed by atoms with van der Waals surface area (Å²) in [5.74, 6) is -0.185. The summed E-state index contributed by atoms with van der Waals surface area (Å²) >= 11 is 1.18. The lowest BCUT2D eigenvalue weighted by Crippen LogP contribution is -2.40. The number of carboxylic acid groups (broad SMARTS) is 1. The number of hydrogen-bond donors (Lipinski definition) is 1. The van der Waals surface area contributed by atoms with Crippen molar-refractivity contribution in [1.29, 1.82) is 0 Å². The molecule has 0 radical (unpaired) electrons. The van der Waals surface area contributed by atoms with Gasteiger partial charge < -0.3 is 28.8 Å². The van der Waals surface area contributed by atoms with Crippen LogP contribution in [-0.2, 0) is 14.3 Å². The van der Waals surface area contributed by atoms with Crippen molar-refractivity contribution in [3.63, 3.8) is 0 Å². The Hall–Kier alpha value is -4.58. The van der Waals surface area contributed by atoms with E-state index in [-0.39, 0.29) is 17.7 Å². The highest BCUT2D eigenvalue weighted by molar-refractivity contribution is 7.07. The Morgan fingerprint density at radius 1 is 1.07 bits per heavy atom. The molecule has 1 atom stereocenters. The number of aliphatic carboxylic acids is 1. The van der Waals surface area contributed by atoms with Crippen molar-refractivity contribution in [1.82, 2.24) is 4.57 Å². The smallest absolute Gasteiger partial charge is 0.341 e. The summed E-state index contributed by atoms with van der Waals surface area (Å²) < 4.78 is 28.9. The van der Waals surface area contributed by atoms with E-state index in [1.165, 1.54) is 37.2 Å². The molecule has 0 aliphatic carbocycles. The van der Waals surface area contributed by atoms with Gasteiger partial charge in [0.1, 0.15) is 5.75 Å². The van der Waals surface area contributed by atoms with Gasteiger partial charge in [-0.05, 0) is 55.3 Å². The molecule has 1 aromatic heterocycles. The molecule has 1 aliphatic rings. The minimum atomic E-state index is -1.08. The first-order valence-corrected chi connectivity index (χ1v) is 13.0. The number of methoxy groups -OCH3 is 3. The maximum atomic E-state index is 13.8. The van der Waals surface area contributed by atoms with Crippen molar-refractivity contribution in [2.75, 3.05) is 34.5 Å². The zero-order valence-corrected chi connectivity index (χ0v) is 23.4. The second-order valence-corrected chi connectivity index (χ2v) is 9.52. The molecule has 0 saturated heterocycles. The zero-order chi connectivity index (χ0) is 29.0. The molecule has 2 aromatic carbocycles. The van der Waals surface area contributed by atoms with Gasteiger partial charge in [0.2, 0.25) is 5.75 Å². The first-order chi connectivity index (χ1) is 19.2. The molecule has 0 spiro atoms. The van der Waals surface area contributed by atoms with Gasteiger partial charge >= 0.3 is 11.9 Å². The van der Waals surface area contributed by atoms with E-state index in [0.717, 1.165) is 0 Å². The molecule has 0 amide bonds. The fourth-order valence-corrected chi connectivity index (χ4v) is 5.37. The molecule has 12 heteroatoms. The van der Waals surface area contributed by atoms with E-state index in [1.54, 1.807) is 56.3 Å². The largest absolute Gasteiger partial charge is 0.493 e. The number of fused-ring (bicyclic) bond motifs is 1. The van der Waals surface area contributed by atoms with Crippen molar-refractivity contribution in [3.05, 3.63) is 78.5 Å². The van der Waals surface area contributed by atoms with Gasteiger partial charge in [0.05, 0.1) is 49.8 Å². The molecule has 210 valence electrons. The van der Waals surface area contributed by atoms with Gasteiger partial charge in [-0.25, -0.2) is 14.6 Å². The average Bonchev–Trinajstić information content (AvgIpc) is 3.24. The van der Waals surface area contributed by atoms with Gasteiger partial charge in [0.15, 0.2) is 22.9 Å². The Bertz CT molecular complexity index is 1630. The molecule has 1 aliphatic heterocycles. The fraction of sp³-hybridized carbons (Fsp3) is 0.286. The summed E-state index contributed by atoms with van der Waals surface area (Å²) in [5, 5.41) is 8.80. The summed E-state index contributed by atoms with van der Waals surface area (Å²) in [7, 11) is 4.46. The standard InChI is InChI=1S/C28H28N2O9S/c1-6-38-27(34)23-15(2)29-28-30(24(23)17-12-19(35-3)25(37-5)20(13-17)36-4)26(33)21(40-28)11-16-7-9-18(10-8-16)39-14-22(31)32/h7-13,24H,6,14H2,1-5H3,(H,31,32)/b21-11+/t24-/m0/s1. The van der Waals surface area contributed by atoms with Crippen molar-refractivity contribution in [2.45, 2.75) is 19.9 Å². The summed E-state index contributed by atoms with van der Waals surface area (Å²) in [6.45, 7) is 3.09. The molecule has 2 heterocycles. The number of allylic oxidation sites excluding steroid dienone is 1. The van der Waals surface area contributed by atoms with E-state index in [9.17, 15) is 14.4 Å². The van der Waals surface area contributed by atoms with E-state index in [2.05, 4.69) is 4.99 Å². The Morgan fingerprint density at radius 3 is 2.27 bits per heavy atom. The topological polar surface area (TPSA) is 135 Å². The molecule has 0 fully saturated rings. The summed E-state index contributed by atoms with van der Waals surface area (Å²) in [6.07, 6.45) is 1.69. The minimum Gasteiger partial charge on any atom is -0.493 e. The number of hydrogen-bond acceptors (Lipinski definition) is 10. The van der Waals surface area contributed by atoms with E-state index in [1.807, 2.05) is 0 Å². The van der Waals surface area contributed by atoms with E-state index in [4.69, 9.17) is 28.8 Å². The molecule has 4 rings (SSSR count). The predicted molar refractivity (Wildman–Crippen MR) is 146 cm³/mol. The highest BCUT2D eigenvalue weighted by Crippen LogP contribution is 2.42. The van der Waals surface area contributed by atoms with E-state index < -0.39 is 24.6 Å². The first kappa shape index (κ1) is 28.4. The molecular weight excluding hydrogens is 540 g/mol. The normalized spacial score (nSPS) is 14.7. The van der Waals surface area contributed by atoms with Crippen LogP contribution in [0, 0.1) is 0 Å². The maximum Gasteiger partial charge on any atom is 0.341 e. The molecule has 0 unspecified atom stereocenters. The fourth-order valence-electron chi connectivity index (χ4n) is 4.32. The van der Waals surface area contributed by atoms with Gasteiger partial charge in [-0.15, -0.1) is 0 Å². The third-order valence-corrected chi connectivity index (χ3v) is 7.04. The van der Waals surface area contributed by atoms with Crippen molar-refractivity contribution in [3.8, 4) is 23.0 Å². The van der Waals surface area contributed by atoms with Crippen LogP contribution in [0.4, 0.5) is 0 Å². The van der Waals surface area contributed by atoms with Crippen molar-refractivity contribution < 1.29 is 38.4 Å². The number of rotatable bonds is 10. The second-order valence-electron chi connectivity index (χ2n) is 8.51. The molecular formula is C28H28N2O9S. The third-order valence-electron chi connectivity index (χ3n) is 6.06. The summed E-state index contributed by atoms with van der Waals surface area (Å²) in [6, 6.07) is 9.16. The maximum absolute atomic E-state index is 13.8. The van der Waals surface area contributed by atoms with Gasteiger partial charge in [-0.2, -0.15) is 0 Å². The number of esters is 1. The third kappa shape index (κ3) is 5.57. The monoisotopic (exact) mass is 568 g/mol. The lowest BCUT2D eigenvalue weighted by molar-refractivity contribution is -0.140. The van der Waals surface area contributed by atoms with Crippen LogP contribution in [0.1, 0.15) is 31.0 Å². The molecule has 3 aromatic rings. The van der Waals surface area contributed by atoms with Crippen LogP contribution >= 0.6 is 11.3 Å². The van der Waals surface area contributed by atoms with Crippen LogP contribution in [0.3, 0.4) is 0 Å². The van der Waals surface area contributed by atoms with Crippen molar-refractivity contribution >= 4 is 29.4 Å². The van der Waals surface area contributed by atoms with Crippen LogP contribution in [0.2, 0.25) is 0 Å². The number of thiazole rings is 1. The molecule has 1 N–H and O–H groups in total. The second kappa shape index (κ2) is 12.1. The number of carboxylic acids is 1. The quantitative estimate of drug-likeness (QED) is 0.366. The SMILES string of the molecule is CCOC(=O)C1=C(C)N=c2s/c(=C/c3ccc(OCC(=O)O)cc3)c(=O)n2[C@H]1c1cc(OC)c(OC)c(OC)c1.